The average Bonchev–Trinajstić information content (AvgIpc) is 3.13. The molecular formula is C18H25N5O2. The van der Waals surface area contributed by atoms with Crippen molar-refractivity contribution in [1.29, 1.82) is 5.26 Å². The Kier molecular flexibility index (Phi) is 6.20. The fourth-order valence-corrected chi connectivity index (χ4v) is 3.38. The summed E-state index contributed by atoms with van der Waals surface area (Å²) in [7, 11) is 0. The van der Waals surface area contributed by atoms with Crippen LogP contribution in [0.2, 0.25) is 0 Å². The lowest BCUT2D eigenvalue weighted by Crippen LogP contribution is -2.41. The molecule has 3 rings (SSSR count). The van der Waals surface area contributed by atoms with Gasteiger partial charge < -0.3 is 19.9 Å². The molecule has 1 N–H and O–H groups in total. The first-order chi connectivity index (χ1) is 12.3. The number of nitrogens with one attached hydrogen (secondary N) is 1. The van der Waals surface area contributed by atoms with Crippen LogP contribution in [0.15, 0.2) is 18.3 Å². The Hall–Kier alpha value is -2.17. The molecule has 2 saturated heterocycles. The molecule has 1 unspecified atom stereocenters. The minimum Gasteiger partial charge on any atom is -0.378 e. The van der Waals surface area contributed by atoms with Gasteiger partial charge in [-0.1, -0.05) is 0 Å². The van der Waals surface area contributed by atoms with Crippen LogP contribution in [0, 0.1) is 17.2 Å². The van der Waals surface area contributed by atoms with Gasteiger partial charge >= 0.3 is 0 Å². The van der Waals surface area contributed by atoms with E-state index in [-0.39, 0.29) is 5.91 Å². The maximum Gasteiger partial charge on any atom is 0.224 e. The SMILES string of the molecule is N#Cc1cccnc1NCC1CCN(CCC(=O)N2CCOCC2)C1. The summed E-state index contributed by atoms with van der Waals surface area (Å²) in [6, 6.07) is 5.70. The van der Waals surface area contributed by atoms with Gasteiger partial charge in [0, 0.05) is 45.3 Å². The van der Waals surface area contributed by atoms with Gasteiger partial charge in [-0.05, 0) is 31.0 Å². The van der Waals surface area contributed by atoms with Gasteiger partial charge in [0.05, 0.1) is 18.8 Å². The number of rotatable bonds is 6. The summed E-state index contributed by atoms with van der Waals surface area (Å²) >= 11 is 0. The van der Waals surface area contributed by atoms with Crippen molar-refractivity contribution in [2.24, 2.45) is 5.92 Å². The maximum absolute atomic E-state index is 12.2. The fraction of sp³-hybridized carbons (Fsp3) is 0.611. The van der Waals surface area contributed by atoms with E-state index in [0.717, 1.165) is 45.7 Å². The lowest BCUT2D eigenvalue weighted by molar-refractivity contribution is -0.135. The van der Waals surface area contributed by atoms with Crippen LogP contribution in [0.5, 0.6) is 0 Å². The number of anilines is 1. The van der Waals surface area contributed by atoms with Gasteiger partial charge in [-0.2, -0.15) is 5.26 Å². The Morgan fingerprint density at radius 2 is 2.24 bits per heavy atom. The molecule has 1 atom stereocenters. The molecule has 0 aliphatic carbocycles. The van der Waals surface area contributed by atoms with E-state index in [1.165, 1.54) is 0 Å². The number of hydrogen-bond acceptors (Lipinski definition) is 6. The molecule has 0 radical (unpaired) electrons. The number of morpholine rings is 1. The molecule has 25 heavy (non-hydrogen) atoms. The predicted octanol–water partition coefficient (Wildman–Crippen LogP) is 0.936. The molecular weight excluding hydrogens is 318 g/mol. The monoisotopic (exact) mass is 343 g/mol. The van der Waals surface area contributed by atoms with Crippen LogP contribution in [0.3, 0.4) is 0 Å². The first-order valence-corrected chi connectivity index (χ1v) is 8.93. The number of pyridine rings is 1. The first kappa shape index (κ1) is 17.6. The number of hydrogen-bond donors (Lipinski definition) is 1. The van der Waals surface area contributed by atoms with Crippen LogP contribution < -0.4 is 5.32 Å². The van der Waals surface area contributed by atoms with E-state index >= 15 is 0 Å². The number of amides is 1. The Balaban J connectivity index is 1.38. The number of carbonyl (C=O) groups is 1. The second-order valence-electron chi connectivity index (χ2n) is 6.59. The molecule has 7 nitrogen and oxygen atoms in total. The van der Waals surface area contributed by atoms with Crippen molar-refractivity contribution in [1.82, 2.24) is 14.8 Å². The van der Waals surface area contributed by atoms with Gasteiger partial charge in [0.25, 0.3) is 0 Å². The second-order valence-corrected chi connectivity index (χ2v) is 6.59. The third kappa shape index (κ3) is 4.91. The van der Waals surface area contributed by atoms with Gasteiger partial charge in [0.1, 0.15) is 11.9 Å². The van der Waals surface area contributed by atoms with Gasteiger partial charge in [0.2, 0.25) is 5.91 Å². The average molecular weight is 343 g/mol. The number of aromatic nitrogens is 1. The van der Waals surface area contributed by atoms with Crippen LogP contribution in [0.4, 0.5) is 5.82 Å². The van der Waals surface area contributed by atoms with Crippen molar-refractivity contribution >= 4 is 11.7 Å². The number of ether oxygens (including phenoxy) is 1. The van der Waals surface area contributed by atoms with E-state index in [9.17, 15) is 4.79 Å². The molecule has 1 aromatic rings. The number of nitriles is 1. The van der Waals surface area contributed by atoms with E-state index in [2.05, 4.69) is 21.3 Å². The molecule has 0 spiro atoms. The van der Waals surface area contributed by atoms with E-state index in [0.29, 0.717) is 36.9 Å². The lowest BCUT2D eigenvalue weighted by Gasteiger charge is -2.27. The normalized spacial score (nSPS) is 21.1. The topological polar surface area (TPSA) is 81.5 Å². The van der Waals surface area contributed by atoms with Gasteiger partial charge in [-0.3, -0.25) is 4.79 Å². The first-order valence-electron chi connectivity index (χ1n) is 8.93. The third-order valence-corrected chi connectivity index (χ3v) is 4.86. The number of likely N-dealkylation sites (tertiary alicyclic amines) is 1. The van der Waals surface area contributed by atoms with Crippen LogP contribution in [-0.4, -0.2) is 73.2 Å². The number of nitrogens with zero attached hydrogens (tertiary/aromatic N) is 4. The predicted molar refractivity (Wildman–Crippen MR) is 94.0 cm³/mol. The molecule has 1 amide bonds. The molecule has 3 heterocycles. The van der Waals surface area contributed by atoms with Crippen molar-refractivity contribution in [3.8, 4) is 6.07 Å². The summed E-state index contributed by atoms with van der Waals surface area (Å²) in [6.45, 7) is 6.38. The summed E-state index contributed by atoms with van der Waals surface area (Å²) in [6.07, 6.45) is 3.38. The zero-order valence-electron chi connectivity index (χ0n) is 14.5. The molecule has 0 bridgehead atoms. The smallest absolute Gasteiger partial charge is 0.224 e. The van der Waals surface area contributed by atoms with Crippen LogP contribution in [0.25, 0.3) is 0 Å². The quantitative estimate of drug-likeness (QED) is 0.828. The van der Waals surface area contributed by atoms with Gasteiger partial charge in [-0.15, -0.1) is 0 Å². The van der Waals surface area contributed by atoms with Crippen LogP contribution >= 0.6 is 0 Å². The highest BCUT2D eigenvalue weighted by Gasteiger charge is 2.24. The highest BCUT2D eigenvalue weighted by atomic mass is 16.5. The highest BCUT2D eigenvalue weighted by Crippen LogP contribution is 2.18. The van der Waals surface area contributed by atoms with Crippen molar-refractivity contribution < 1.29 is 9.53 Å². The highest BCUT2D eigenvalue weighted by molar-refractivity contribution is 5.76. The molecule has 2 fully saturated rings. The summed E-state index contributed by atoms with van der Waals surface area (Å²) in [4.78, 5) is 20.7. The van der Waals surface area contributed by atoms with Gasteiger partial charge in [0.15, 0.2) is 0 Å². The fourth-order valence-electron chi connectivity index (χ4n) is 3.38. The Labute approximate surface area is 148 Å². The van der Waals surface area contributed by atoms with Crippen LogP contribution in [0.1, 0.15) is 18.4 Å². The van der Waals surface area contributed by atoms with E-state index < -0.39 is 0 Å². The van der Waals surface area contributed by atoms with Crippen molar-refractivity contribution in [2.45, 2.75) is 12.8 Å². The third-order valence-electron chi connectivity index (χ3n) is 4.86. The Morgan fingerprint density at radius 1 is 1.40 bits per heavy atom. The molecule has 0 saturated carbocycles. The molecule has 0 aromatic carbocycles. The summed E-state index contributed by atoms with van der Waals surface area (Å²) < 4.78 is 5.29. The molecule has 2 aliphatic rings. The summed E-state index contributed by atoms with van der Waals surface area (Å²) in [5, 5.41) is 12.4. The minimum atomic E-state index is 0.233. The largest absolute Gasteiger partial charge is 0.378 e. The van der Waals surface area contributed by atoms with Crippen molar-refractivity contribution in [3.05, 3.63) is 23.9 Å². The molecule has 7 heteroatoms. The van der Waals surface area contributed by atoms with Crippen molar-refractivity contribution in [3.63, 3.8) is 0 Å². The standard InChI is InChI=1S/C18H25N5O2/c19-12-16-2-1-5-20-18(16)21-13-15-3-6-22(14-15)7-4-17(24)23-8-10-25-11-9-23/h1-2,5,15H,3-4,6-11,13-14H2,(H,20,21). The Morgan fingerprint density at radius 3 is 3.04 bits per heavy atom. The Bertz CT molecular complexity index is 624. The summed E-state index contributed by atoms with van der Waals surface area (Å²) in [5.41, 5.74) is 0.577. The van der Waals surface area contributed by atoms with E-state index in [1.807, 2.05) is 4.90 Å². The zero-order valence-corrected chi connectivity index (χ0v) is 14.5. The summed E-state index contributed by atoms with van der Waals surface area (Å²) in [5.74, 6) is 1.41. The van der Waals surface area contributed by atoms with E-state index in [1.54, 1.807) is 18.3 Å². The molecule has 134 valence electrons. The number of carbonyl (C=O) groups excluding carboxylic acids is 1. The molecule has 1 aromatic heterocycles. The zero-order chi connectivity index (χ0) is 17.5. The van der Waals surface area contributed by atoms with Gasteiger partial charge in [-0.25, -0.2) is 4.98 Å². The maximum atomic E-state index is 12.2. The second kappa shape index (κ2) is 8.79. The van der Waals surface area contributed by atoms with Crippen LogP contribution in [-0.2, 0) is 9.53 Å². The lowest BCUT2D eigenvalue weighted by atomic mass is 10.1. The molecule has 2 aliphatic heterocycles. The van der Waals surface area contributed by atoms with Crippen molar-refractivity contribution in [2.75, 3.05) is 57.8 Å². The minimum absolute atomic E-state index is 0.233. The van der Waals surface area contributed by atoms with E-state index in [4.69, 9.17) is 10.00 Å².